The molecule has 1 aromatic carbocycles. The number of hydrogen-bond donors (Lipinski definition) is 4. The van der Waals surface area contributed by atoms with E-state index in [-0.39, 0.29) is 18.1 Å². The van der Waals surface area contributed by atoms with Crippen LogP contribution in [0.25, 0.3) is 21.8 Å². The average Bonchev–Trinajstić information content (AvgIpc) is 3.37. The van der Waals surface area contributed by atoms with Crippen LogP contribution in [0.15, 0.2) is 41.9 Å². The van der Waals surface area contributed by atoms with Crippen LogP contribution in [-0.4, -0.2) is 33.5 Å². The molecule has 0 fully saturated rings. The van der Waals surface area contributed by atoms with Gasteiger partial charge >= 0.3 is 0 Å². The summed E-state index contributed by atoms with van der Waals surface area (Å²) in [6.45, 7) is 0.381. The zero-order valence-electron chi connectivity index (χ0n) is 14.9. The molecule has 3 rings (SSSR count). The Hall–Kier alpha value is -3.04. The van der Waals surface area contributed by atoms with E-state index in [0.717, 1.165) is 5.01 Å². The van der Waals surface area contributed by atoms with E-state index in [2.05, 4.69) is 15.3 Å². The maximum Gasteiger partial charge on any atom is 0.268 e. The molecule has 3 aromatic rings. The maximum absolute atomic E-state index is 13.3. The van der Waals surface area contributed by atoms with Crippen molar-refractivity contribution in [1.82, 2.24) is 20.8 Å². The van der Waals surface area contributed by atoms with Crippen LogP contribution < -0.4 is 10.8 Å². The second-order valence-corrected chi connectivity index (χ2v) is 6.96. The molecule has 0 atom stereocenters. The molecule has 28 heavy (non-hydrogen) atoms. The highest BCUT2D eigenvalue weighted by atomic mass is 32.1. The number of amides is 2. The van der Waals surface area contributed by atoms with Gasteiger partial charge in [-0.05, 0) is 36.6 Å². The van der Waals surface area contributed by atoms with Crippen molar-refractivity contribution >= 4 is 23.2 Å². The number of aromatic amines is 1. The van der Waals surface area contributed by atoms with Gasteiger partial charge in [0.1, 0.15) is 16.5 Å². The molecule has 0 radical (unpaired) electrons. The van der Waals surface area contributed by atoms with Gasteiger partial charge < -0.3 is 10.3 Å². The number of nitrogens with zero attached hydrogens (tertiary/aromatic N) is 1. The Kier molecular flexibility index (Phi) is 6.51. The van der Waals surface area contributed by atoms with Crippen molar-refractivity contribution in [2.24, 2.45) is 0 Å². The van der Waals surface area contributed by atoms with Crippen molar-refractivity contribution < 1.29 is 19.2 Å². The molecule has 0 saturated carbocycles. The molecule has 7 nitrogen and oxygen atoms in total. The predicted octanol–water partition coefficient (Wildman–Crippen LogP) is 3.35. The van der Waals surface area contributed by atoms with Crippen LogP contribution in [0.5, 0.6) is 0 Å². The van der Waals surface area contributed by atoms with Gasteiger partial charge in [0.2, 0.25) is 5.91 Å². The first-order valence-electron chi connectivity index (χ1n) is 8.68. The second kappa shape index (κ2) is 9.25. The summed E-state index contributed by atoms with van der Waals surface area (Å²) in [5.74, 6) is -1.10. The molecule has 9 heteroatoms. The number of benzene rings is 1. The van der Waals surface area contributed by atoms with E-state index in [0.29, 0.717) is 41.9 Å². The van der Waals surface area contributed by atoms with Gasteiger partial charge in [-0.2, -0.15) is 0 Å². The molecule has 0 saturated heterocycles. The van der Waals surface area contributed by atoms with Crippen molar-refractivity contribution in [3.8, 4) is 21.8 Å². The fourth-order valence-corrected chi connectivity index (χ4v) is 3.33. The van der Waals surface area contributed by atoms with Gasteiger partial charge in [-0.1, -0.05) is 12.1 Å². The summed E-state index contributed by atoms with van der Waals surface area (Å²) in [7, 11) is 0. The third kappa shape index (κ3) is 4.81. The molecule has 146 valence electrons. The molecule has 0 aliphatic heterocycles. The van der Waals surface area contributed by atoms with E-state index in [1.165, 1.54) is 23.5 Å². The van der Waals surface area contributed by atoms with Gasteiger partial charge in [-0.25, -0.2) is 14.9 Å². The standard InChI is InChI=1S/C19H19FN4O3S/c20-13-6-4-12(5-7-13)14-11-15(19-22-9-10-28-19)23-17(14)18(26)21-8-2-1-3-16(25)24-27/h4-7,9-11,23,27H,1-3,8H2,(H,21,26)(H,24,25). The minimum atomic E-state index is -0.456. The second-order valence-electron chi connectivity index (χ2n) is 6.06. The number of hydrogen-bond acceptors (Lipinski definition) is 5. The number of halogens is 1. The lowest BCUT2D eigenvalue weighted by molar-refractivity contribution is -0.129. The first-order valence-corrected chi connectivity index (χ1v) is 9.56. The molecule has 2 heterocycles. The third-order valence-corrected chi connectivity index (χ3v) is 4.91. The van der Waals surface area contributed by atoms with Crippen LogP contribution in [-0.2, 0) is 4.79 Å². The van der Waals surface area contributed by atoms with Gasteiger partial charge in [0.05, 0.1) is 5.69 Å². The van der Waals surface area contributed by atoms with E-state index < -0.39 is 5.91 Å². The molecule has 0 unspecified atom stereocenters. The minimum Gasteiger partial charge on any atom is -0.351 e. The first kappa shape index (κ1) is 19.7. The predicted molar refractivity (Wildman–Crippen MR) is 103 cm³/mol. The van der Waals surface area contributed by atoms with Crippen molar-refractivity contribution in [3.63, 3.8) is 0 Å². The van der Waals surface area contributed by atoms with E-state index in [1.54, 1.807) is 23.8 Å². The lowest BCUT2D eigenvalue weighted by atomic mass is 10.1. The lowest BCUT2D eigenvalue weighted by Gasteiger charge is -2.07. The number of H-pyrrole nitrogens is 1. The van der Waals surface area contributed by atoms with Crippen molar-refractivity contribution in [1.29, 1.82) is 0 Å². The van der Waals surface area contributed by atoms with Gasteiger partial charge in [0, 0.05) is 30.1 Å². The van der Waals surface area contributed by atoms with E-state index in [9.17, 15) is 14.0 Å². The van der Waals surface area contributed by atoms with Crippen molar-refractivity contribution in [2.75, 3.05) is 6.54 Å². The maximum atomic E-state index is 13.3. The summed E-state index contributed by atoms with van der Waals surface area (Å²) >= 11 is 1.44. The number of rotatable bonds is 8. The Morgan fingerprint density at radius 1 is 1.21 bits per heavy atom. The highest BCUT2D eigenvalue weighted by Gasteiger charge is 2.18. The number of carbonyl (C=O) groups excluding carboxylic acids is 2. The quantitative estimate of drug-likeness (QED) is 0.263. The van der Waals surface area contributed by atoms with E-state index in [1.807, 2.05) is 11.4 Å². The number of aromatic nitrogens is 2. The Labute approximate surface area is 164 Å². The van der Waals surface area contributed by atoms with E-state index >= 15 is 0 Å². The molecule has 2 aromatic heterocycles. The van der Waals surface area contributed by atoms with Gasteiger partial charge in [0.25, 0.3) is 5.91 Å². The summed E-state index contributed by atoms with van der Waals surface area (Å²) in [6, 6.07) is 7.76. The van der Waals surface area contributed by atoms with Crippen LogP contribution in [0, 0.1) is 5.82 Å². The van der Waals surface area contributed by atoms with Crippen LogP contribution in [0.1, 0.15) is 29.8 Å². The lowest BCUT2D eigenvalue weighted by Crippen LogP contribution is -2.25. The van der Waals surface area contributed by atoms with Gasteiger partial charge in [-0.15, -0.1) is 11.3 Å². The van der Waals surface area contributed by atoms with Crippen LogP contribution in [0.3, 0.4) is 0 Å². The normalized spacial score (nSPS) is 10.6. The smallest absolute Gasteiger partial charge is 0.268 e. The Morgan fingerprint density at radius 2 is 2.00 bits per heavy atom. The van der Waals surface area contributed by atoms with Crippen molar-refractivity contribution in [3.05, 3.63) is 53.4 Å². The van der Waals surface area contributed by atoms with Crippen LogP contribution in [0.2, 0.25) is 0 Å². The number of carbonyl (C=O) groups is 2. The summed E-state index contributed by atoms with van der Waals surface area (Å²) in [5, 5.41) is 13.9. The molecule has 2 amide bonds. The fraction of sp³-hybridized carbons (Fsp3) is 0.211. The number of nitrogens with one attached hydrogen (secondary N) is 3. The number of thiazole rings is 1. The number of unbranched alkanes of at least 4 members (excludes halogenated alkanes) is 1. The Morgan fingerprint density at radius 3 is 2.68 bits per heavy atom. The zero-order chi connectivity index (χ0) is 19.9. The molecule has 0 bridgehead atoms. The largest absolute Gasteiger partial charge is 0.351 e. The fourth-order valence-electron chi connectivity index (χ4n) is 2.72. The summed E-state index contributed by atoms with van der Waals surface area (Å²) in [4.78, 5) is 31.0. The molecular weight excluding hydrogens is 383 g/mol. The highest BCUT2D eigenvalue weighted by Crippen LogP contribution is 2.30. The third-order valence-electron chi connectivity index (χ3n) is 4.10. The highest BCUT2D eigenvalue weighted by molar-refractivity contribution is 7.13. The molecule has 0 spiro atoms. The Balaban J connectivity index is 1.75. The molecule has 0 aliphatic carbocycles. The van der Waals surface area contributed by atoms with E-state index in [4.69, 9.17) is 5.21 Å². The summed E-state index contributed by atoms with van der Waals surface area (Å²) < 4.78 is 13.3. The van der Waals surface area contributed by atoms with Crippen LogP contribution >= 0.6 is 11.3 Å². The first-order chi connectivity index (χ1) is 13.6. The minimum absolute atomic E-state index is 0.184. The molecule has 4 N–H and O–H groups in total. The average molecular weight is 402 g/mol. The SMILES string of the molecule is O=C(CCCCNC(=O)c1[nH]c(-c2nccs2)cc1-c1ccc(F)cc1)NO. The van der Waals surface area contributed by atoms with Gasteiger partial charge in [-0.3, -0.25) is 14.8 Å². The monoisotopic (exact) mass is 402 g/mol. The zero-order valence-corrected chi connectivity index (χ0v) is 15.7. The molecule has 0 aliphatic rings. The summed E-state index contributed by atoms with van der Waals surface area (Å²) in [5.41, 5.74) is 4.01. The number of hydroxylamine groups is 1. The Bertz CT molecular complexity index is 939. The van der Waals surface area contributed by atoms with Crippen molar-refractivity contribution in [2.45, 2.75) is 19.3 Å². The summed E-state index contributed by atoms with van der Waals surface area (Å²) in [6.07, 6.45) is 2.99. The van der Waals surface area contributed by atoms with Crippen LogP contribution in [0.4, 0.5) is 4.39 Å². The molecular formula is C19H19FN4O3S. The topological polar surface area (TPSA) is 107 Å². The van der Waals surface area contributed by atoms with Gasteiger partial charge in [0.15, 0.2) is 0 Å².